The van der Waals surface area contributed by atoms with Crippen LogP contribution in [0.4, 0.5) is 0 Å². The topological polar surface area (TPSA) is 83.6 Å². The Morgan fingerprint density at radius 2 is 1.75 bits per heavy atom. The molecule has 0 aromatic rings. The maximum atomic E-state index is 12.7. The number of hydrogen-bond acceptors (Lipinski definition) is 3. The molecule has 4 unspecified atom stereocenters. The number of nitrogens with two attached hydrogens (primary N) is 1. The lowest BCUT2D eigenvalue weighted by atomic mass is 9.87. The summed E-state index contributed by atoms with van der Waals surface area (Å²) in [6.07, 6.45) is 6.98. The van der Waals surface area contributed by atoms with Gasteiger partial charge in [-0.1, -0.05) is 6.42 Å². The maximum absolute atomic E-state index is 12.7. The lowest BCUT2D eigenvalue weighted by Gasteiger charge is -2.40. The predicted octanol–water partition coefficient (Wildman–Crippen LogP) is 1.36. The molecule has 1 amide bonds. The normalized spacial score (nSPS) is 40.0. The van der Waals surface area contributed by atoms with Gasteiger partial charge in [-0.05, 0) is 44.4 Å². The van der Waals surface area contributed by atoms with E-state index in [1.165, 1.54) is 0 Å². The number of nitrogens with zero attached hydrogens (tertiary/aromatic N) is 1. The summed E-state index contributed by atoms with van der Waals surface area (Å²) in [4.78, 5) is 25.7. The molecule has 2 aliphatic heterocycles. The van der Waals surface area contributed by atoms with Crippen LogP contribution < -0.4 is 5.73 Å². The first-order valence-electron chi connectivity index (χ1n) is 7.85. The number of hydrogen-bond donors (Lipinski definition) is 2. The first-order chi connectivity index (χ1) is 9.56. The fourth-order valence-corrected chi connectivity index (χ4v) is 4.55. The van der Waals surface area contributed by atoms with Crippen LogP contribution in [0.3, 0.4) is 0 Å². The van der Waals surface area contributed by atoms with Crippen LogP contribution >= 0.6 is 0 Å². The van der Waals surface area contributed by atoms with Gasteiger partial charge in [0.25, 0.3) is 0 Å². The molecule has 5 heteroatoms. The highest BCUT2D eigenvalue weighted by atomic mass is 16.4. The van der Waals surface area contributed by atoms with Crippen LogP contribution in [0.1, 0.15) is 51.4 Å². The second kappa shape index (κ2) is 5.35. The van der Waals surface area contributed by atoms with E-state index in [9.17, 15) is 9.59 Å². The Hall–Kier alpha value is -1.10. The van der Waals surface area contributed by atoms with Gasteiger partial charge < -0.3 is 15.7 Å². The Labute approximate surface area is 119 Å². The van der Waals surface area contributed by atoms with Gasteiger partial charge in [0.05, 0.1) is 5.92 Å². The second-order valence-electron chi connectivity index (χ2n) is 6.77. The van der Waals surface area contributed by atoms with E-state index in [1.807, 2.05) is 0 Å². The van der Waals surface area contributed by atoms with Crippen LogP contribution in [-0.2, 0) is 9.59 Å². The van der Waals surface area contributed by atoms with Crippen LogP contribution in [0.2, 0.25) is 0 Å². The van der Waals surface area contributed by atoms with E-state index in [1.54, 1.807) is 0 Å². The third-order valence-electron chi connectivity index (χ3n) is 5.44. The van der Waals surface area contributed by atoms with Crippen LogP contribution in [0.5, 0.6) is 0 Å². The molecule has 2 saturated heterocycles. The minimum absolute atomic E-state index is 0.00845. The lowest BCUT2D eigenvalue weighted by molar-refractivity contribution is -0.142. The number of amides is 1. The van der Waals surface area contributed by atoms with Crippen LogP contribution in [0.15, 0.2) is 0 Å². The number of carbonyl (C=O) groups is 2. The molecule has 2 heterocycles. The number of piperidine rings is 1. The highest BCUT2D eigenvalue weighted by molar-refractivity contribution is 5.81. The van der Waals surface area contributed by atoms with Crippen molar-refractivity contribution < 1.29 is 14.7 Å². The number of carboxylic acids is 1. The third-order valence-corrected chi connectivity index (χ3v) is 5.44. The van der Waals surface area contributed by atoms with Crippen molar-refractivity contribution in [2.45, 2.75) is 69.5 Å². The summed E-state index contributed by atoms with van der Waals surface area (Å²) < 4.78 is 0. The minimum Gasteiger partial charge on any atom is -0.481 e. The van der Waals surface area contributed by atoms with Crippen LogP contribution in [0, 0.1) is 11.8 Å². The third kappa shape index (κ3) is 2.43. The van der Waals surface area contributed by atoms with Gasteiger partial charge in [0.2, 0.25) is 5.91 Å². The molecule has 1 saturated carbocycles. The van der Waals surface area contributed by atoms with Crippen molar-refractivity contribution in [2.75, 3.05) is 0 Å². The first kappa shape index (κ1) is 13.9. The average Bonchev–Trinajstić information content (AvgIpc) is 2.90. The van der Waals surface area contributed by atoms with Gasteiger partial charge in [0.15, 0.2) is 0 Å². The second-order valence-corrected chi connectivity index (χ2v) is 6.77. The van der Waals surface area contributed by atoms with Crippen molar-refractivity contribution >= 4 is 11.9 Å². The zero-order valence-corrected chi connectivity index (χ0v) is 11.8. The molecule has 5 nitrogen and oxygen atoms in total. The van der Waals surface area contributed by atoms with E-state index < -0.39 is 5.97 Å². The molecule has 2 bridgehead atoms. The maximum Gasteiger partial charge on any atom is 0.303 e. The highest BCUT2D eigenvalue weighted by Gasteiger charge is 2.46. The molecule has 3 aliphatic rings. The molecule has 0 radical (unpaired) electrons. The van der Waals surface area contributed by atoms with Crippen LogP contribution in [0.25, 0.3) is 0 Å². The summed E-state index contributed by atoms with van der Waals surface area (Å²) in [6, 6.07) is 0.551. The predicted molar refractivity (Wildman–Crippen MR) is 73.9 cm³/mol. The van der Waals surface area contributed by atoms with Gasteiger partial charge in [0.1, 0.15) is 0 Å². The van der Waals surface area contributed by atoms with Gasteiger partial charge in [-0.3, -0.25) is 9.59 Å². The molecule has 3 rings (SSSR count). The van der Waals surface area contributed by atoms with Crippen molar-refractivity contribution in [1.82, 2.24) is 4.90 Å². The highest BCUT2D eigenvalue weighted by Crippen LogP contribution is 2.42. The fourth-order valence-electron chi connectivity index (χ4n) is 4.55. The van der Waals surface area contributed by atoms with Gasteiger partial charge in [-0.2, -0.15) is 0 Å². The number of fused-ring (bicyclic) bond motifs is 2. The zero-order chi connectivity index (χ0) is 14.3. The number of rotatable bonds is 3. The summed E-state index contributed by atoms with van der Waals surface area (Å²) in [5.74, 6) is -0.219. The minimum atomic E-state index is -0.716. The molecular formula is C15H24N2O3. The smallest absolute Gasteiger partial charge is 0.303 e. The van der Waals surface area contributed by atoms with E-state index in [2.05, 4.69) is 4.90 Å². The summed E-state index contributed by atoms with van der Waals surface area (Å²) in [5, 5.41) is 8.94. The number of aliphatic carboxylic acids is 1. The monoisotopic (exact) mass is 280 g/mol. The Morgan fingerprint density at radius 1 is 1.10 bits per heavy atom. The molecule has 4 atom stereocenters. The molecule has 0 spiro atoms. The van der Waals surface area contributed by atoms with Crippen molar-refractivity contribution in [3.8, 4) is 0 Å². The lowest BCUT2D eigenvalue weighted by Crippen LogP contribution is -2.51. The molecule has 3 N–H and O–H groups in total. The van der Waals surface area contributed by atoms with Crippen molar-refractivity contribution in [3.05, 3.63) is 0 Å². The summed E-state index contributed by atoms with van der Waals surface area (Å²) in [6.45, 7) is 0. The van der Waals surface area contributed by atoms with Gasteiger partial charge >= 0.3 is 5.97 Å². The van der Waals surface area contributed by atoms with Crippen molar-refractivity contribution in [1.29, 1.82) is 0 Å². The molecule has 0 aromatic heterocycles. The van der Waals surface area contributed by atoms with Gasteiger partial charge in [0, 0.05) is 24.5 Å². The molecule has 20 heavy (non-hydrogen) atoms. The van der Waals surface area contributed by atoms with E-state index in [-0.39, 0.29) is 42.3 Å². The van der Waals surface area contributed by atoms with E-state index in [0.29, 0.717) is 0 Å². The molecule has 3 fully saturated rings. The van der Waals surface area contributed by atoms with Crippen molar-refractivity contribution in [2.24, 2.45) is 17.6 Å². The quantitative estimate of drug-likeness (QED) is 0.817. The number of carbonyl (C=O) groups excluding carboxylic acids is 1. The summed E-state index contributed by atoms with van der Waals surface area (Å²) >= 11 is 0. The largest absolute Gasteiger partial charge is 0.481 e. The van der Waals surface area contributed by atoms with E-state index in [0.717, 1.165) is 44.9 Å². The molecule has 112 valence electrons. The Morgan fingerprint density at radius 3 is 2.25 bits per heavy atom. The van der Waals surface area contributed by atoms with Crippen molar-refractivity contribution in [3.63, 3.8) is 0 Å². The Bertz CT molecular complexity index is 398. The first-order valence-corrected chi connectivity index (χ1v) is 7.85. The summed E-state index contributed by atoms with van der Waals surface area (Å²) in [7, 11) is 0. The standard InChI is InChI=1S/C15H24N2O3/c16-13-3-1-2-12(13)15(20)17-10-4-5-11(17)7-9(6-10)8-14(18)19/h9-13H,1-8,16H2,(H,18,19). The van der Waals surface area contributed by atoms with E-state index in [4.69, 9.17) is 10.8 Å². The SMILES string of the molecule is NC1CCCC1C(=O)N1C2CCC1CC(CC(=O)O)C2. The Kier molecular flexibility index (Phi) is 3.71. The van der Waals surface area contributed by atoms with Crippen LogP contribution in [-0.4, -0.2) is 40.0 Å². The average molecular weight is 280 g/mol. The zero-order valence-electron chi connectivity index (χ0n) is 11.8. The van der Waals surface area contributed by atoms with Gasteiger partial charge in [-0.15, -0.1) is 0 Å². The number of carboxylic acid groups (broad SMARTS) is 1. The fraction of sp³-hybridized carbons (Fsp3) is 0.867. The molecular weight excluding hydrogens is 256 g/mol. The molecule has 1 aliphatic carbocycles. The Balaban J connectivity index is 1.67. The van der Waals surface area contributed by atoms with Gasteiger partial charge in [-0.25, -0.2) is 0 Å². The molecule has 0 aromatic carbocycles. The van der Waals surface area contributed by atoms with E-state index >= 15 is 0 Å². The summed E-state index contributed by atoms with van der Waals surface area (Å²) in [5.41, 5.74) is 6.07.